The molecule has 0 bridgehead atoms. The fraction of sp³-hybridized carbons (Fsp3) is 0.438. The van der Waals surface area contributed by atoms with Crippen molar-refractivity contribution in [2.75, 3.05) is 0 Å². The summed E-state index contributed by atoms with van der Waals surface area (Å²) in [6.45, 7) is 0. The summed E-state index contributed by atoms with van der Waals surface area (Å²) in [7, 11) is 0. The van der Waals surface area contributed by atoms with E-state index in [2.05, 4.69) is 6.07 Å². The largest absolute Gasteiger partial charge is 0.375 e. The first-order valence-electron chi connectivity index (χ1n) is 6.61. The predicted octanol–water partition coefficient (Wildman–Crippen LogP) is 3.53. The molecule has 1 N–H and O–H groups in total. The molecule has 18 heavy (non-hydrogen) atoms. The molecule has 1 aliphatic rings. The van der Waals surface area contributed by atoms with Crippen LogP contribution in [0.4, 0.5) is 0 Å². The molecule has 1 aromatic rings. The van der Waals surface area contributed by atoms with E-state index in [1.54, 1.807) is 0 Å². The van der Waals surface area contributed by atoms with Gasteiger partial charge in [0.2, 0.25) is 0 Å². The molecule has 0 radical (unpaired) electrons. The molecule has 2 atom stereocenters. The standard InChI is InChI=1S/C16H19NO/c17-13-16(18)12-6-2-5-9-15(16)11-10-14-7-3-1-4-8-14/h1,3-4,7-8,10-11,15,18H,2,5-6,9,12H2/b11-10+. The van der Waals surface area contributed by atoms with Gasteiger partial charge >= 0.3 is 0 Å². The van der Waals surface area contributed by atoms with Gasteiger partial charge in [0, 0.05) is 5.92 Å². The highest BCUT2D eigenvalue weighted by Gasteiger charge is 2.35. The van der Waals surface area contributed by atoms with Gasteiger partial charge in [-0.15, -0.1) is 0 Å². The number of rotatable bonds is 2. The van der Waals surface area contributed by atoms with E-state index in [0.717, 1.165) is 31.2 Å². The van der Waals surface area contributed by atoms with E-state index in [9.17, 15) is 10.4 Å². The van der Waals surface area contributed by atoms with Crippen LogP contribution in [0.2, 0.25) is 0 Å². The molecule has 1 fully saturated rings. The number of nitriles is 1. The summed E-state index contributed by atoms with van der Waals surface area (Å²) < 4.78 is 0. The van der Waals surface area contributed by atoms with Crippen molar-refractivity contribution < 1.29 is 5.11 Å². The second-order valence-electron chi connectivity index (χ2n) is 5.01. The van der Waals surface area contributed by atoms with Gasteiger partial charge in [-0.25, -0.2) is 0 Å². The van der Waals surface area contributed by atoms with Crippen LogP contribution in [0.5, 0.6) is 0 Å². The molecule has 2 heteroatoms. The topological polar surface area (TPSA) is 44.0 Å². The summed E-state index contributed by atoms with van der Waals surface area (Å²) in [4.78, 5) is 0. The van der Waals surface area contributed by atoms with Gasteiger partial charge in [0.25, 0.3) is 0 Å². The number of aliphatic hydroxyl groups is 1. The highest BCUT2D eigenvalue weighted by atomic mass is 16.3. The molecule has 0 heterocycles. The van der Waals surface area contributed by atoms with Crippen molar-refractivity contribution in [3.8, 4) is 6.07 Å². The number of hydrogen-bond acceptors (Lipinski definition) is 2. The molecule has 0 spiro atoms. The fourth-order valence-corrected chi connectivity index (χ4v) is 2.55. The summed E-state index contributed by atoms with van der Waals surface area (Å²) in [5.41, 5.74) is -0.0658. The van der Waals surface area contributed by atoms with E-state index < -0.39 is 5.60 Å². The lowest BCUT2D eigenvalue weighted by molar-refractivity contribution is 0.0494. The lowest BCUT2D eigenvalue weighted by Gasteiger charge is -2.25. The van der Waals surface area contributed by atoms with Crippen LogP contribution in [-0.2, 0) is 0 Å². The quantitative estimate of drug-likeness (QED) is 0.636. The second kappa shape index (κ2) is 5.84. The Morgan fingerprint density at radius 1 is 1.22 bits per heavy atom. The molecular formula is C16H19NO. The highest BCUT2D eigenvalue weighted by Crippen LogP contribution is 2.33. The van der Waals surface area contributed by atoms with Gasteiger partial charge in [-0.3, -0.25) is 0 Å². The summed E-state index contributed by atoms with van der Waals surface area (Å²) >= 11 is 0. The van der Waals surface area contributed by atoms with Gasteiger partial charge in [-0.2, -0.15) is 5.26 Å². The monoisotopic (exact) mass is 241 g/mol. The average molecular weight is 241 g/mol. The lowest BCUT2D eigenvalue weighted by Crippen LogP contribution is -2.34. The van der Waals surface area contributed by atoms with Gasteiger partial charge in [-0.05, 0) is 24.8 Å². The molecule has 0 saturated heterocycles. The van der Waals surface area contributed by atoms with Gasteiger partial charge in [-0.1, -0.05) is 55.3 Å². The Labute approximate surface area is 109 Å². The van der Waals surface area contributed by atoms with E-state index in [-0.39, 0.29) is 5.92 Å². The maximum absolute atomic E-state index is 10.4. The molecule has 0 amide bonds. The third kappa shape index (κ3) is 3.00. The molecule has 2 unspecified atom stereocenters. The van der Waals surface area contributed by atoms with Crippen LogP contribution in [0, 0.1) is 17.2 Å². The first kappa shape index (κ1) is 12.9. The summed E-state index contributed by atoms with van der Waals surface area (Å²) in [6.07, 6.45) is 8.65. The molecule has 2 rings (SSSR count). The SMILES string of the molecule is N#CC1(O)CCCCCC1/C=C/c1ccccc1. The minimum Gasteiger partial charge on any atom is -0.375 e. The maximum atomic E-state index is 10.4. The van der Waals surface area contributed by atoms with Crippen molar-refractivity contribution in [3.63, 3.8) is 0 Å². The predicted molar refractivity (Wildman–Crippen MR) is 72.6 cm³/mol. The first-order valence-corrected chi connectivity index (χ1v) is 6.61. The van der Waals surface area contributed by atoms with E-state index in [1.165, 1.54) is 0 Å². The van der Waals surface area contributed by atoms with Crippen LogP contribution in [0.1, 0.15) is 37.7 Å². The Balaban J connectivity index is 2.15. The highest BCUT2D eigenvalue weighted by molar-refractivity contribution is 5.49. The number of nitrogens with zero attached hydrogens (tertiary/aromatic N) is 1. The zero-order valence-electron chi connectivity index (χ0n) is 10.5. The van der Waals surface area contributed by atoms with E-state index in [1.807, 2.05) is 42.5 Å². The van der Waals surface area contributed by atoms with Crippen LogP contribution in [0.15, 0.2) is 36.4 Å². The van der Waals surface area contributed by atoms with Gasteiger partial charge < -0.3 is 5.11 Å². The smallest absolute Gasteiger partial charge is 0.157 e. The van der Waals surface area contributed by atoms with Gasteiger partial charge in [0.05, 0.1) is 6.07 Å². The number of hydrogen-bond donors (Lipinski definition) is 1. The van der Waals surface area contributed by atoms with Crippen LogP contribution >= 0.6 is 0 Å². The first-order chi connectivity index (χ1) is 8.74. The summed E-state index contributed by atoms with van der Waals surface area (Å²) in [6, 6.07) is 12.1. The molecule has 94 valence electrons. The van der Waals surface area contributed by atoms with Crippen molar-refractivity contribution >= 4 is 6.08 Å². The average Bonchev–Trinajstić information content (AvgIpc) is 2.60. The van der Waals surface area contributed by atoms with Crippen LogP contribution in [0.25, 0.3) is 6.08 Å². The fourth-order valence-electron chi connectivity index (χ4n) is 2.55. The Kier molecular flexibility index (Phi) is 4.17. The van der Waals surface area contributed by atoms with E-state index >= 15 is 0 Å². The Hall–Kier alpha value is -1.59. The molecule has 2 nitrogen and oxygen atoms in total. The Morgan fingerprint density at radius 3 is 2.72 bits per heavy atom. The summed E-state index contributed by atoms with van der Waals surface area (Å²) in [5.74, 6) is -0.0507. The molecule has 0 aliphatic heterocycles. The molecule has 1 aromatic carbocycles. The van der Waals surface area contributed by atoms with E-state index in [0.29, 0.717) is 6.42 Å². The van der Waals surface area contributed by atoms with Gasteiger partial charge in [0.15, 0.2) is 5.60 Å². The number of benzene rings is 1. The maximum Gasteiger partial charge on any atom is 0.157 e. The Morgan fingerprint density at radius 2 is 2.00 bits per heavy atom. The summed E-state index contributed by atoms with van der Waals surface area (Å²) in [5, 5.41) is 19.6. The third-order valence-electron chi connectivity index (χ3n) is 3.70. The van der Waals surface area contributed by atoms with Crippen molar-refractivity contribution in [3.05, 3.63) is 42.0 Å². The Bertz CT molecular complexity index is 446. The van der Waals surface area contributed by atoms with Crippen molar-refractivity contribution in [1.29, 1.82) is 5.26 Å². The van der Waals surface area contributed by atoms with Crippen LogP contribution in [-0.4, -0.2) is 10.7 Å². The zero-order chi connectivity index (χ0) is 12.8. The normalized spacial score (nSPS) is 28.8. The van der Waals surface area contributed by atoms with Crippen LogP contribution in [0.3, 0.4) is 0 Å². The van der Waals surface area contributed by atoms with Crippen molar-refractivity contribution in [2.45, 2.75) is 37.7 Å². The molecular weight excluding hydrogens is 222 g/mol. The lowest BCUT2D eigenvalue weighted by atomic mass is 9.84. The molecule has 1 aliphatic carbocycles. The van der Waals surface area contributed by atoms with Crippen LogP contribution < -0.4 is 0 Å². The minimum atomic E-state index is -1.18. The zero-order valence-corrected chi connectivity index (χ0v) is 10.5. The molecule has 1 saturated carbocycles. The third-order valence-corrected chi connectivity index (χ3v) is 3.70. The van der Waals surface area contributed by atoms with E-state index in [4.69, 9.17) is 0 Å². The van der Waals surface area contributed by atoms with Crippen molar-refractivity contribution in [1.82, 2.24) is 0 Å². The van der Waals surface area contributed by atoms with Crippen molar-refractivity contribution in [2.24, 2.45) is 5.92 Å². The second-order valence-corrected chi connectivity index (χ2v) is 5.01. The molecule has 0 aromatic heterocycles. The van der Waals surface area contributed by atoms with Gasteiger partial charge in [0.1, 0.15) is 0 Å². The minimum absolute atomic E-state index is 0.0507.